The highest BCUT2D eigenvalue weighted by Gasteiger charge is 2.06. The van der Waals surface area contributed by atoms with Crippen molar-refractivity contribution < 1.29 is 14.2 Å². The van der Waals surface area contributed by atoms with Gasteiger partial charge in [-0.2, -0.15) is 0 Å². The molecule has 0 aromatic heterocycles. The lowest BCUT2D eigenvalue weighted by molar-refractivity contribution is -0.0914. The highest BCUT2D eigenvalue weighted by molar-refractivity contribution is 6.32. The summed E-state index contributed by atoms with van der Waals surface area (Å²) >= 11 is 5.91. The Morgan fingerprint density at radius 1 is 1.25 bits per heavy atom. The van der Waals surface area contributed by atoms with E-state index in [0.717, 1.165) is 5.69 Å². The summed E-state index contributed by atoms with van der Waals surface area (Å²) in [4.78, 5) is 0. The number of anilines is 1. The van der Waals surface area contributed by atoms with E-state index in [4.69, 9.17) is 25.8 Å². The molecule has 0 aliphatic rings. The van der Waals surface area contributed by atoms with Gasteiger partial charge in [-0.25, -0.2) is 0 Å². The fourth-order valence-corrected chi connectivity index (χ4v) is 1.43. The van der Waals surface area contributed by atoms with Gasteiger partial charge in [0, 0.05) is 26.0 Å². The molecule has 90 valence electrons. The Bertz CT molecular complexity index is 329. The molecule has 0 amide bonds. The molecule has 5 heteroatoms. The van der Waals surface area contributed by atoms with E-state index in [-0.39, 0.29) is 6.29 Å². The van der Waals surface area contributed by atoms with Crippen molar-refractivity contribution in [3.05, 3.63) is 23.2 Å². The van der Waals surface area contributed by atoms with Crippen LogP contribution >= 0.6 is 11.6 Å². The molecule has 1 aromatic rings. The van der Waals surface area contributed by atoms with E-state index in [1.54, 1.807) is 27.4 Å². The highest BCUT2D eigenvalue weighted by atomic mass is 35.5. The normalized spacial score (nSPS) is 10.6. The summed E-state index contributed by atoms with van der Waals surface area (Å²) in [6.07, 6.45) is -0.276. The van der Waals surface area contributed by atoms with Gasteiger partial charge in [-0.15, -0.1) is 0 Å². The third-order valence-corrected chi connectivity index (χ3v) is 2.46. The van der Waals surface area contributed by atoms with Gasteiger partial charge in [0.05, 0.1) is 18.7 Å². The van der Waals surface area contributed by atoms with Crippen LogP contribution in [-0.4, -0.2) is 34.2 Å². The SMILES string of the molecule is COc1cc(NCC(OC)OC)ccc1Cl. The Labute approximate surface area is 100 Å². The average Bonchev–Trinajstić information content (AvgIpc) is 2.32. The Morgan fingerprint density at radius 2 is 1.94 bits per heavy atom. The zero-order valence-corrected chi connectivity index (χ0v) is 10.4. The van der Waals surface area contributed by atoms with E-state index in [9.17, 15) is 0 Å². The largest absolute Gasteiger partial charge is 0.495 e. The first-order valence-corrected chi connectivity index (χ1v) is 5.22. The smallest absolute Gasteiger partial charge is 0.173 e. The molecule has 0 saturated heterocycles. The molecule has 1 N–H and O–H groups in total. The maximum absolute atomic E-state index is 5.91. The number of halogens is 1. The number of ether oxygens (including phenoxy) is 3. The van der Waals surface area contributed by atoms with Crippen LogP contribution in [0, 0.1) is 0 Å². The van der Waals surface area contributed by atoms with Crippen LogP contribution in [0.25, 0.3) is 0 Å². The second-order valence-corrected chi connectivity index (χ2v) is 3.54. The van der Waals surface area contributed by atoms with Gasteiger partial charge in [0.2, 0.25) is 0 Å². The van der Waals surface area contributed by atoms with Crippen molar-refractivity contribution in [2.24, 2.45) is 0 Å². The lowest BCUT2D eigenvalue weighted by Gasteiger charge is -2.15. The van der Waals surface area contributed by atoms with Gasteiger partial charge < -0.3 is 19.5 Å². The average molecular weight is 246 g/mol. The van der Waals surface area contributed by atoms with Crippen molar-refractivity contribution in [2.75, 3.05) is 33.2 Å². The summed E-state index contributed by atoms with van der Waals surface area (Å²) in [7, 11) is 4.77. The number of benzene rings is 1. The summed E-state index contributed by atoms with van der Waals surface area (Å²) in [5, 5.41) is 3.75. The molecule has 1 rings (SSSR count). The van der Waals surface area contributed by atoms with Gasteiger partial charge in [-0.1, -0.05) is 11.6 Å². The van der Waals surface area contributed by atoms with Crippen LogP contribution < -0.4 is 10.1 Å². The van der Waals surface area contributed by atoms with Gasteiger partial charge in [0.15, 0.2) is 6.29 Å². The van der Waals surface area contributed by atoms with Crippen molar-refractivity contribution in [3.8, 4) is 5.75 Å². The summed E-state index contributed by atoms with van der Waals surface area (Å²) in [6.45, 7) is 0.553. The summed E-state index contributed by atoms with van der Waals surface area (Å²) in [5.41, 5.74) is 0.903. The maximum Gasteiger partial charge on any atom is 0.173 e. The van der Waals surface area contributed by atoms with E-state index in [1.165, 1.54) is 0 Å². The molecule has 0 saturated carbocycles. The molecule has 0 spiro atoms. The van der Waals surface area contributed by atoms with Crippen LogP contribution in [0.1, 0.15) is 0 Å². The Kier molecular flexibility index (Phi) is 5.38. The van der Waals surface area contributed by atoms with Gasteiger partial charge in [0.25, 0.3) is 0 Å². The zero-order chi connectivity index (χ0) is 12.0. The van der Waals surface area contributed by atoms with Crippen LogP contribution in [-0.2, 0) is 9.47 Å². The summed E-state index contributed by atoms with van der Waals surface area (Å²) in [6, 6.07) is 5.47. The molecule has 0 aliphatic heterocycles. The molecule has 0 bridgehead atoms. The molecule has 4 nitrogen and oxygen atoms in total. The molecule has 0 heterocycles. The van der Waals surface area contributed by atoms with Crippen molar-refractivity contribution in [2.45, 2.75) is 6.29 Å². The zero-order valence-electron chi connectivity index (χ0n) is 9.62. The second-order valence-electron chi connectivity index (χ2n) is 3.13. The van der Waals surface area contributed by atoms with Crippen LogP contribution in [0.15, 0.2) is 18.2 Å². The molecule has 0 fully saturated rings. The minimum atomic E-state index is -0.276. The number of hydrogen-bond donors (Lipinski definition) is 1. The van der Waals surface area contributed by atoms with Crippen LogP contribution in [0.2, 0.25) is 5.02 Å². The minimum absolute atomic E-state index is 0.276. The lowest BCUT2D eigenvalue weighted by atomic mass is 10.3. The predicted octanol–water partition coefficient (Wildman–Crippen LogP) is 2.38. The van der Waals surface area contributed by atoms with Crippen LogP contribution in [0.3, 0.4) is 0 Å². The van der Waals surface area contributed by atoms with E-state index >= 15 is 0 Å². The molecule has 0 radical (unpaired) electrons. The Balaban J connectivity index is 2.60. The van der Waals surface area contributed by atoms with Gasteiger partial charge in [-0.3, -0.25) is 0 Å². The first-order valence-electron chi connectivity index (χ1n) is 4.84. The first kappa shape index (κ1) is 13.1. The van der Waals surface area contributed by atoms with Crippen LogP contribution in [0.4, 0.5) is 5.69 Å². The van der Waals surface area contributed by atoms with E-state index in [1.807, 2.05) is 12.1 Å². The fraction of sp³-hybridized carbons (Fsp3) is 0.455. The van der Waals surface area contributed by atoms with Gasteiger partial charge in [-0.05, 0) is 12.1 Å². The Hall–Kier alpha value is -0.970. The van der Waals surface area contributed by atoms with Gasteiger partial charge >= 0.3 is 0 Å². The molecule has 0 unspecified atom stereocenters. The first-order chi connectivity index (χ1) is 7.71. The molecule has 0 aliphatic carbocycles. The minimum Gasteiger partial charge on any atom is -0.495 e. The topological polar surface area (TPSA) is 39.7 Å². The lowest BCUT2D eigenvalue weighted by Crippen LogP contribution is -2.23. The van der Waals surface area contributed by atoms with Crippen molar-refractivity contribution in [1.82, 2.24) is 0 Å². The molecule has 16 heavy (non-hydrogen) atoms. The number of rotatable bonds is 6. The van der Waals surface area contributed by atoms with Crippen molar-refractivity contribution in [3.63, 3.8) is 0 Å². The third-order valence-electron chi connectivity index (χ3n) is 2.15. The van der Waals surface area contributed by atoms with E-state index < -0.39 is 0 Å². The molecule has 0 atom stereocenters. The second kappa shape index (κ2) is 6.58. The Morgan fingerprint density at radius 3 is 2.50 bits per heavy atom. The van der Waals surface area contributed by atoms with Gasteiger partial charge in [0.1, 0.15) is 5.75 Å². The van der Waals surface area contributed by atoms with Crippen LogP contribution in [0.5, 0.6) is 5.75 Å². The quantitative estimate of drug-likeness (QED) is 0.782. The molecule has 1 aromatic carbocycles. The number of nitrogens with one attached hydrogen (secondary N) is 1. The standard InChI is InChI=1S/C11H16ClNO3/c1-14-10-6-8(4-5-9(10)12)13-7-11(15-2)16-3/h4-6,11,13H,7H2,1-3H3. The molecular formula is C11H16ClNO3. The molecular weight excluding hydrogens is 230 g/mol. The predicted molar refractivity (Wildman–Crippen MR) is 64.3 cm³/mol. The van der Waals surface area contributed by atoms with Crippen molar-refractivity contribution >= 4 is 17.3 Å². The van der Waals surface area contributed by atoms with E-state index in [2.05, 4.69) is 5.32 Å². The van der Waals surface area contributed by atoms with Crippen molar-refractivity contribution in [1.29, 1.82) is 0 Å². The highest BCUT2D eigenvalue weighted by Crippen LogP contribution is 2.27. The third kappa shape index (κ3) is 3.56. The summed E-state index contributed by atoms with van der Waals surface area (Å²) < 4.78 is 15.2. The summed E-state index contributed by atoms with van der Waals surface area (Å²) in [5.74, 6) is 0.637. The monoisotopic (exact) mass is 245 g/mol. The number of hydrogen-bond acceptors (Lipinski definition) is 4. The fourth-order valence-electron chi connectivity index (χ4n) is 1.23. The number of methoxy groups -OCH3 is 3. The maximum atomic E-state index is 5.91. The van der Waals surface area contributed by atoms with E-state index in [0.29, 0.717) is 17.3 Å².